The third-order valence-electron chi connectivity index (χ3n) is 1.21. The molecule has 0 saturated heterocycles. The summed E-state index contributed by atoms with van der Waals surface area (Å²) in [6.45, 7) is -0.00667. The summed E-state index contributed by atoms with van der Waals surface area (Å²) in [6, 6.07) is 0. The smallest absolute Gasteiger partial charge is 0.310 e. The predicted molar refractivity (Wildman–Crippen MR) is 30.5 cm³/mol. The van der Waals surface area contributed by atoms with Crippen molar-refractivity contribution in [1.82, 2.24) is 0 Å². The zero-order valence-electron chi connectivity index (χ0n) is 4.96. The molecule has 0 spiro atoms. The number of cyclic esters (lactones) is 1. The summed E-state index contributed by atoms with van der Waals surface area (Å²) >= 11 is 0. The topological polar surface area (TPSA) is 46.5 Å². The van der Waals surface area contributed by atoms with E-state index >= 15 is 0 Å². The Bertz CT molecular complexity index is 148. The van der Waals surface area contributed by atoms with E-state index in [-0.39, 0.29) is 12.6 Å². The van der Waals surface area contributed by atoms with Gasteiger partial charge in [0.15, 0.2) is 0 Å². The van der Waals surface area contributed by atoms with Crippen LogP contribution >= 0.6 is 0 Å². The van der Waals surface area contributed by atoms with E-state index in [1.54, 1.807) is 0 Å². The SMILES string of the molecule is O=C1CCC(CO)=CO1. The Kier molecular flexibility index (Phi) is 1.85. The van der Waals surface area contributed by atoms with Crippen molar-refractivity contribution in [3.8, 4) is 0 Å². The summed E-state index contributed by atoms with van der Waals surface area (Å²) in [5.41, 5.74) is 0.787. The molecule has 0 aromatic heterocycles. The second-order valence-corrected chi connectivity index (χ2v) is 1.92. The number of aliphatic hydroxyl groups excluding tert-OH is 1. The first kappa shape index (κ1) is 6.29. The molecule has 1 aliphatic heterocycles. The van der Waals surface area contributed by atoms with Crippen molar-refractivity contribution in [3.63, 3.8) is 0 Å². The summed E-state index contributed by atoms with van der Waals surface area (Å²) in [7, 11) is 0. The van der Waals surface area contributed by atoms with Crippen LogP contribution in [0.2, 0.25) is 0 Å². The highest BCUT2D eigenvalue weighted by Gasteiger charge is 2.09. The van der Waals surface area contributed by atoms with Gasteiger partial charge in [0.25, 0.3) is 0 Å². The van der Waals surface area contributed by atoms with E-state index in [1.165, 1.54) is 6.26 Å². The fraction of sp³-hybridized carbons (Fsp3) is 0.500. The van der Waals surface area contributed by atoms with E-state index < -0.39 is 0 Å². The maximum Gasteiger partial charge on any atom is 0.310 e. The molecule has 50 valence electrons. The minimum atomic E-state index is -0.216. The van der Waals surface area contributed by atoms with Gasteiger partial charge in [-0.3, -0.25) is 4.79 Å². The van der Waals surface area contributed by atoms with Crippen LogP contribution in [-0.2, 0) is 9.53 Å². The molecular weight excluding hydrogens is 120 g/mol. The van der Waals surface area contributed by atoms with Crippen molar-refractivity contribution in [2.75, 3.05) is 6.61 Å². The Morgan fingerprint density at radius 3 is 2.89 bits per heavy atom. The number of hydrogen-bond donors (Lipinski definition) is 1. The summed E-state index contributed by atoms with van der Waals surface area (Å²) < 4.78 is 4.52. The third-order valence-corrected chi connectivity index (χ3v) is 1.21. The Balaban J connectivity index is 2.50. The van der Waals surface area contributed by atoms with Gasteiger partial charge in [-0.05, 0) is 12.0 Å². The first-order valence-electron chi connectivity index (χ1n) is 2.81. The molecule has 0 saturated carbocycles. The van der Waals surface area contributed by atoms with E-state index in [0.29, 0.717) is 12.8 Å². The number of esters is 1. The first-order chi connectivity index (χ1) is 4.33. The molecule has 1 rings (SSSR count). The molecule has 0 aliphatic carbocycles. The number of rotatable bonds is 1. The molecule has 0 amide bonds. The van der Waals surface area contributed by atoms with Crippen molar-refractivity contribution in [3.05, 3.63) is 11.8 Å². The minimum absolute atomic E-state index is 0.00667. The van der Waals surface area contributed by atoms with Crippen molar-refractivity contribution >= 4 is 5.97 Å². The zero-order valence-corrected chi connectivity index (χ0v) is 4.96. The number of aliphatic hydroxyl groups is 1. The largest absolute Gasteiger partial charge is 0.434 e. The van der Waals surface area contributed by atoms with Gasteiger partial charge in [-0.2, -0.15) is 0 Å². The van der Waals surface area contributed by atoms with Gasteiger partial charge in [-0.25, -0.2) is 0 Å². The highest BCUT2D eigenvalue weighted by Crippen LogP contribution is 2.10. The lowest BCUT2D eigenvalue weighted by atomic mass is 10.1. The molecule has 1 N–H and O–H groups in total. The monoisotopic (exact) mass is 128 g/mol. The molecule has 0 aromatic carbocycles. The van der Waals surface area contributed by atoms with E-state index in [9.17, 15) is 4.79 Å². The second-order valence-electron chi connectivity index (χ2n) is 1.92. The maximum atomic E-state index is 10.4. The van der Waals surface area contributed by atoms with Crippen LogP contribution in [0.1, 0.15) is 12.8 Å². The molecule has 0 radical (unpaired) electrons. The van der Waals surface area contributed by atoms with Gasteiger partial charge in [-0.15, -0.1) is 0 Å². The molecule has 3 nitrogen and oxygen atoms in total. The fourth-order valence-corrected chi connectivity index (χ4v) is 0.646. The Hall–Kier alpha value is -0.830. The molecule has 1 aliphatic rings. The van der Waals surface area contributed by atoms with Crippen LogP contribution in [0.25, 0.3) is 0 Å². The maximum absolute atomic E-state index is 10.4. The van der Waals surface area contributed by atoms with Crippen molar-refractivity contribution < 1.29 is 14.6 Å². The van der Waals surface area contributed by atoms with Gasteiger partial charge in [0, 0.05) is 6.42 Å². The van der Waals surface area contributed by atoms with E-state index in [4.69, 9.17) is 5.11 Å². The van der Waals surface area contributed by atoms with Crippen LogP contribution in [0.4, 0.5) is 0 Å². The summed E-state index contributed by atoms with van der Waals surface area (Å²) in [4.78, 5) is 10.4. The molecule has 0 atom stereocenters. The molecule has 9 heavy (non-hydrogen) atoms. The molecule has 0 fully saturated rings. The normalized spacial score (nSPS) is 18.8. The fourth-order valence-electron chi connectivity index (χ4n) is 0.646. The minimum Gasteiger partial charge on any atom is -0.434 e. The van der Waals surface area contributed by atoms with Crippen LogP contribution < -0.4 is 0 Å². The van der Waals surface area contributed by atoms with Crippen molar-refractivity contribution in [2.45, 2.75) is 12.8 Å². The summed E-state index contributed by atoms with van der Waals surface area (Å²) in [5.74, 6) is -0.216. The molecule has 0 unspecified atom stereocenters. The quantitative estimate of drug-likeness (QED) is 0.513. The van der Waals surface area contributed by atoms with Crippen LogP contribution in [-0.4, -0.2) is 17.7 Å². The number of carbonyl (C=O) groups excluding carboxylic acids is 1. The average Bonchev–Trinajstić information content (AvgIpc) is 1.90. The average molecular weight is 128 g/mol. The zero-order chi connectivity index (χ0) is 6.69. The third kappa shape index (κ3) is 1.54. The van der Waals surface area contributed by atoms with Crippen LogP contribution in [0.3, 0.4) is 0 Å². The standard InChI is InChI=1S/C6H8O3/c7-3-5-1-2-6(8)9-4-5/h4,7H,1-3H2. The first-order valence-corrected chi connectivity index (χ1v) is 2.81. The van der Waals surface area contributed by atoms with Crippen LogP contribution in [0.15, 0.2) is 11.8 Å². The van der Waals surface area contributed by atoms with Gasteiger partial charge in [0.2, 0.25) is 0 Å². The molecule has 1 heterocycles. The highest BCUT2D eigenvalue weighted by atomic mass is 16.5. The molecule has 0 bridgehead atoms. The lowest BCUT2D eigenvalue weighted by Gasteiger charge is -2.08. The molecular formula is C6H8O3. The predicted octanol–water partition coefficient (Wildman–Crippen LogP) is 0.200. The number of carbonyl (C=O) groups is 1. The van der Waals surface area contributed by atoms with Gasteiger partial charge < -0.3 is 9.84 Å². The van der Waals surface area contributed by atoms with Gasteiger partial charge in [0.05, 0.1) is 12.9 Å². The Morgan fingerprint density at radius 2 is 2.44 bits per heavy atom. The van der Waals surface area contributed by atoms with Gasteiger partial charge >= 0.3 is 5.97 Å². The number of ether oxygens (including phenoxy) is 1. The molecule has 3 heteroatoms. The van der Waals surface area contributed by atoms with Crippen molar-refractivity contribution in [2.24, 2.45) is 0 Å². The van der Waals surface area contributed by atoms with E-state index in [0.717, 1.165) is 5.57 Å². The highest BCUT2D eigenvalue weighted by molar-refractivity contribution is 5.71. The van der Waals surface area contributed by atoms with Crippen LogP contribution in [0, 0.1) is 0 Å². The van der Waals surface area contributed by atoms with Gasteiger partial charge in [0.1, 0.15) is 0 Å². The van der Waals surface area contributed by atoms with E-state index in [2.05, 4.69) is 4.74 Å². The molecule has 0 aromatic rings. The van der Waals surface area contributed by atoms with Crippen LogP contribution in [0.5, 0.6) is 0 Å². The number of hydrogen-bond acceptors (Lipinski definition) is 3. The van der Waals surface area contributed by atoms with Gasteiger partial charge in [-0.1, -0.05) is 0 Å². The summed E-state index contributed by atoms with van der Waals surface area (Å²) in [5, 5.41) is 8.52. The second kappa shape index (κ2) is 2.64. The van der Waals surface area contributed by atoms with E-state index in [1.807, 2.05) is 0 Å². The van der Waals surface area contributed by atoms with Crippen molar-refractivity contribution in [1.29, 1.82) is 0 Å². The lowest BCUT2D eigenvalue weighted by molar-refractivity contribution is -0.139. The lowest BCUT2D eigenvalue weighted by Crippen LogP contribution is -2.08. The Morgan fingerprint density at radius 1 is 1.67 bits per heavy atom. The Labute approximate surface area is 52.9 Å². The summed E-state index contributed by atoms with van der Waals surface area (Å²) in [6.07, 6.45) is 2.35.